The molecule has 0 bridgehead atoms. The molecule has 0 unspecified atom stereocenters. The summed E-state index contributed by atoms with van der Waals surface area (Å²) in [6.45, 7) is 1.38. The Balaban J connectivity index is 1.53. The van der Waals surface area contributed by atoms with E-state index in [1.165, 1.54) is 9.80 Å². The summed E-state index contributed by atoms with van der Waals surface area (Å²) in [6, 6.07) is 9.30. The van der Waals surface area contributed by atoms with E-state index in [0.29, 0.717) is 13.1 Å². The number of rotatable bonds is 3. The molecule has 0 spiro atoms. The van der Waals surface area contributed by atoms with Crippen molar-refractivity contribution in [2.45, 2.75) is 25.1 Å². The van der Waals surface area contributed by atoms with Gasteiger partial charge in [0.15, 0.2) is 0 Å². The highest BCUT2D eigenvalue weighted by molar-refractivity contribution is 5.87. The van der Waals surface area contributed by atoms with E-state index >= 15 is 0 Å². The minimum Gasteiger partial charge on any atom is -0.445 e. The summed E-state index contributed by atoms with van der Waals surface area (Å²) < 4.78 is 19.9. The van der Waals surface area contributed by atoms with Crippen LogP contribution >= 0.6 is 0 Å². The zero-order valence-corrected chi connectivity index (χ0v) is 12.3. The van der Waals surface area contributed by atoms with Crippen LogP contribution in [0.2, 0.25) is 0 Å². The average molecular weight is 306 g/mol. The smallest absolute Gasteiger partial charge is 0.410 e. The van der Waals surface area contributed by atoms with Gasteiger partial charge in [-0.15, -0.1) is 0 Å². The Hall–Kier alpha value is -2.11. The summed E-state index contributed by atoms with van der Waals surface area (Å²) in [5.41, 5.74) is -1.08. The summed E-state index contributed by atoms with van der Waals surface area (Å²) >= 11 is 0. The summed E-state index contributed by atoms with van der Waals surface area (Å²) in [5.74, 6) is -0.489. The molecule has 2 amide bonds. The molecule has 1 aromatic carbocycles. The minimum atomic E-state index is -1.95. The molecule has 2 aliphatic heterocycles. The zero-order chi connectivity index (χ0) is 15.6. The van der Waals surface area contributed by atoms with E-state index in [2.05, 4.69) is 0 Å². The second kappa shape index (κ2) is 5.94. The average Bonchev–Trinajstić information content (AvgIpc) is 2.88. The second-order valence-corrected chi connectivity index (χ2v) is 5.82. The van der Waals surface area contributed by atoms with Crippen molar-refractivity contribution in [3.8, 4) is 0 Å². The molecular formula is C16H19FN2O3. The number of ether oxygens (including phenoxy) is 1. The molecule has 6 heteroatoms. The largest absolute Gasteiger partial charge is 0.445 e. The number of likely N-dealkylation sites (tertiary alicyclic amines) is 2. The van der Waals surface area contributed by atoms with E-state index < -0.39 is 17.7 Å². The predicted octanol–water partition coefficient (Wildman–Crippen LogP) is 1.97. The molecule has 2 aliphatic rings. The van der Waals surface area contributed by atoms with E-state index in [9.17, 15) is 14.0 Å². The van der Waals surface area contributed by atoms with Gasteiger partial charge in [0.05, 0.1) is 6.54 Å². The van der Waals surface area contributed by atoms with Crippen LogP contribution in [0.3, 0.4) is 0 Å². The Morgan fingerprint density at radius 3 is 2.50 bits per heavy atom. The molecule has 0 N–H and O–H groups in total. The van der Waals surface area contributed by atoms with E-state index in [0.717, 1.165) is 12.0 Å². The van der Waals surface area contributed by atoms with Gasteiger partial charge >= 0.3 is 6.09 Å². The summed E-state index contributed by atoms with van der Waals surface area (Å²) in [6.07, 6.45) is 0.396. The molecule has 0 aromatic heterocycles. The number of amides is 2. The lowest BCUT2D eigenvalue weighted by Crippen LogP contribution is -2.53. The SMILES string of the molecule is O=C(OCc1ccccc1)N1CC[C@@](F)(C(=O)N2CCC2)C1. The highest BCUT2D eigenvalue weighted by Gasteiger charge is 2.49. The molecule has 2 saturated heterocycles. The molecule has 2 heterocycles. The monoisotopic (exact) mass is 306 g/mol. The van der Waals surface area contributed by atoms with Crippen LogP contribution in [0.25, 0.3) is 0 Å². The predicted molar refractivity (Wildman–Crippen MR) is 77.9 cm³/mol. The Morgan fingerprint density at radius 2 is 1.86 bits per heavy atom. The molecular weight excluding hydrogens is 287 g/mol. The van der Waals surface area contributed by atoms with Crippen molar-refractivity contribution < 1.29 is 18.7 Å². The fraction of sp³-hybridized carbons (Fsp3) is 0.500. The standard InChI is InChI=1S/C16H19FN2O3/c17-16(14(20)18-8-4-9-18)7-10-19(12-16)15(21)22-11-13-5-2-1-3-6-13/h1-3,5-6H,4,7-12H2/t16-/m0/s1. The molecule has 0 aliphatic carbocycles. The van der Waals surface area contributed by atoms with Crippen LogP contribution in [0, 0.1) is 0 Å². The number of hydrogen-bond donors (Lipinski definition) is 0. The molecule has 1 atom stereocenters. The van der Waals surface area contributed by atoms with Crippen molar-refractivity contribution in [2.75, 3.05) is 26.2 Å². The lowest BCUT2D eigenvalue weighted by Gasteiger charge is -2.35. The Bertz CT molecular complexity index is 562. The minimum absolute atomic E-state index is 0.0444. The summed E-state index contributed by atoms with van der Waals surface area (Å²) in [4.78, 5) is 26.9. The molecule has 118 valence electrons. The molecule has 0 radical (unpaired) electrons. The molecule has 0 saturated carbocycles. The normalized spacial score (nSPS) is 24.0. The lowest BCUT2D eigenvalue weighted by atomic mass is 10.0. The third-order valence-electron chi connectivity index (χ3n) is 4.21. The van der Waals surface area contributed by atoms with Crippen molar-refractivity contribution in [3.63, 3.8) is 0 Å². The molecule has 1 aromatic rings. The van der Waals surface area contributed by atoms with Crippen molar-refractivity contribution in [2.24, 2.45) is 0 Å². The Morgan fingerprint density at radius 1 is 1.14 bits per heavy atom. The van der Waals surface area contributed by atoms with Crippen LogP contribution in [-0.4, -0.2) is 53.6 Å². The first-order chi connectivity index (χ1) is 10.6. The summed E-state index contributed by atoms with van der Waals surface area (Å²) in [7, 11) is 0. The fourth-order valence-corrected chi connectivity index (χ4v) is 2.72. The Kier molecular flexibility index (Phi) is 4.00. The van der Waals surface area contributed by atoms with Crippen LogP contribution < -0.4 is 0 Å². The highest BCUT2D eigenvalue weighted by atomic mass is 19.1. The number of carbonyl (C=O) groups is 2. The number of hydrogen-bond acceptors (Lipinski definition) is 3. The highest BCUT2D eigenvalue weighted by Crippen LogP contribution is 2.30. The van der Waals surface area contributed by atoms with Gasteiger partial charge in [0.1, 0.15) is 6.61 Å². The lowest BCUT2D eigenvalue weighted by molar-refractivity contribution is -0.146. The van der Waals surface area contributed by atoms with Crippen LogP contribution in [0.1, 0.15) is 18.4 Å². The van der Waals surface area contributed by atoms with Crippen molar-refractivity contribution in [3.05, 3.63) is 35.9 Å². The molecule has 5 nitrogen and oxygen atoms in total. The fourth-order valence-electron chi connectivity index (χ4n) is 2.72. The van der Waals surface area contributed by atoms with Crippen LogP contribution in [0.5, 0.6) is 0 Å². The number of halogens is 1. The van der Waals surface area contributed by atoms with Gasteiger partial charge in [0.2, 0.25) is 5.67 Å². The van der Waals surface area contributed by atoms with Gasteiger partial charge in [-0.2, -0.15) is 0 Å². The quantitative estimate of drug-likeness (QED) is 0.858. The van der Waals surface area contributed by atoms with Gasteiger partial charge in [0, 0.05) is 26.1 Å². The molecule has 2 fully saturated rings. The maximum Gasteiger partial charge on any atom is 0.410 e. The number of carbonyl (C=O) groups excluding carboxylic acids is 2. The number of nitrogens with zero attached hydrogens (tertiary/aromatic N) is 2. The van der Waals surface area contributed by atoms with Crippen LogP contribution in [-0.2, 0) is 16.1 Å². The molecule has 3 rings (SSSR count). The van der Waals surface area contributed by atoms with Gasteiger partial charge in [-0.3, -0.25) is 4.79 Å². The van der Waals surface area contributed by atoms with Gasteiger partial charge in [-0.1, -0.05) is 30.3 Å². The third kappa shape index (κ3) is 2.91. The topological polar surface area (TPSA) is 49.9 Å². The van der Waals surface area contributed by atoms with Crippen molar-refractivity contribution >= 4 is 12.0 Å². The maximum atomic E-state index is 14.7. The van der Waals surface area contributed by atoms with E-state index in [-0.39, 0.29) is 26.1 Å². The number of alkyl halides is 1. The first-order valence-electron chi connectivity index (χ1n) is 7.52. The van der Waals surface area contributed by atoms with Crippen molar-refractivity contribution in [1.82, 2.24) is 9.80 Å². The first-order valence-corrected chi connectivity index (χ1v) is 7.52. The van der Waals surface area contributed by atoms with E-state index in [1.54, 1.807) is 0 Å². The zero-order valence-electron chi connectivity index (χ0n) is 12.3. The first kappa shape index (κ1) is 14.8. The van der Waals surface area contributed by atoms with E-state index in [1.807, 2.05) is 30.3 Å². The maximum absolute atomic E-state index is 14.7. The van der Waals surface area contributed by atoms with Crippen LogP contribution in [0.15, 0.2) is 30.3 Å². The van der Waals surface area contributed by atoms with Gasteiger partial charge in [0.25, 0.3) is 5.91 Å². The number of benzene rings is 1. The third-order valence-corrected chi connectivity index (χ3v) is 4.21. The summed E-state index contributed by atoms with van der Waals surface area (Å²) in [5, 5.41) is 0. The Labute approximate surface area is 128 Å². The van der Waals surface area contributed by atoms with Crippen LogP contribution in [0.4, 0.5) is 9.18 Å². The molecule has 22 heavy (non-hydrogen) atoms. The second-order valence-electron chi connectivity index (χ2n) is 5.82. The van der Waals surface area contributed by atoms with Gasteiger partial charge in [-0.25, -0.2) is 9.18 Å². The van der Waals surface area contributed by atoms with Crippen molar-refractivity contribution in [1.29, 1.82) is 0 Å². The van der Waals surface area contributed by atoms with Gasteiger partial charge in [-0.05, 0) is 12.0 Å². The van der Waals surface area contributed by atoms with Gasteiger partial charge < -0.3 is 14.5 Å². The van der Waals surface area contributed by atoms with E-state index in [4.69, 9.17) is 4.74 Å².